The molecule has 6 nitrogen and oxygen atoms in total. The maximum Gasteiger partial charge on any atom is 0.257 e. The highest BCUT2D eigenvalue weighted by atomic mass is 16.5. The maximum absolute atomic E-state index is 13.1. The van der Waals surface area contributed by atoms with E-state index in [0.717, 1.165) is 16.9 Å². The van der Waals surface area contributed by atoms with Crippen LogP contribution in [0.25, 0.3) is 0 Å². The molecule has 1 aliphatic heterocycles. The number of nitrogens with one attached hydrogen (secondary N) is 1. The largest absolute Gasteiger partial charge is 0.496 e. The highest BCUT2D eigenvalue weighted by Gasteiger charge is 2.35. The highest BCUT2D eigenvalue weighted by molar-refractivity contribution is 5.94. The number of rotatable bonds is 7. The summed E-state index contributed by atoms with van der Waals surface area (Å²) < 4.78 is 10.5. The van der Waals surface area contributed by atoms with Crippen molar-refractivity contribution in [2.75, 3.05) is 26.7 Å². The molecule has 2 unspecified atom stereocenters. The Hall–Kier alpha value is -3.54. The SMILES string of the molecule is COc1ccccc1CCNC(=O)C1CC(c2ccccc2)CN(C(=O)c2ccoc2)C1. The Balaban J connectivity index is 1.44. The van der Waals surface area contributed by atoms with Crippen molar-refractivity contribution in [1.82, 2.24) is 10.2 Å². The summed E-state index contributed by atoms with van der Waals surface area (Å²) in [7, 11) is 1.65. The van der Waals surface area contributed by atoms with Crippen LogP contribution in [0.2, 0.25) is 0 Å². The second-order valence-corrected chi connectivity index (χ2v) is 8.12. The molecule has 0 bridgehead atoms. The molecule has 6 heteroatoms. The predicted octanol–water partition coefficient (Wildman–Crippen LogP) is 3.89. The van der Waals surface area contributed by atoms with Gasteiger partial charge in [0, 0.05) is 25.6 Å². The Morgan fingerprint density at radius 1 is 1.06 bits per heavy atom. The van der Waals surface area contributed by atoms with Crippen LogP contribution < -0.4 is 10.1 Å². The standard InChI is InChI=1S/C26H28N2O4/c1-31-24-10-6-5-9-20(24)11-13-27-25(29)23-15-22(19-7-3-2-4-8-19)16-28(17-23)26(30)21-12-14-32-18-21/h2-10,12,14,18,22-23H,11,13,15-17H2,1H3,(H,27,29). The molecule has 2 amide bonds. The minimum absolute atomic E-state index is 0.0227. The van der Waals surface area contributed by atoms with Crippen LogP contribution in [0.5, 0.6) is 5.75 Å². The van der Waals surface area contributed by atoms with Gasteiger partial charge in [-0.25, -0.2) is 0 Å². The maximum atomic E-state index is 13.1. The van der Waals surface area contributed by atoms with Crippen LogP contribution in [0.3, 0.4) is 0 Å². The van der Waals surface area contributed by atoms with E-state index < -0.39 is 0 Å². The van der Waals surface area contributed by atoms with Gasteiger partial charge in [0.05, 0.1) is 24.9 Å². The molecule has 1 saturated heterocycles. The molecule has 166 valence electrons. The van der Waals surface area contributed by atoms with Crippen molar-refractivity contribution in [3.63, 3.8) is 0 Å². The summed E-state index contributed by atoms with van der Waals surface area (Å²) in [6.07, 6.45) is 4.34. The fourth-order valence-corrected chi connectivity index (χ4v) is 4.36. The van der Waals surface area contributed by atoms with Gasteiger partial charge in [0.15, 0.2) is 0 Å². The quantitative estimate of drug-likeness (QED) is 0.615. The number of para-hydroxylation sites is 1. The Labute approximate surface area is 188 Å². The van der Waals surface area contributed by atoms with Crippen molar-refractivity contribution >= 4 is 11.8 Å². The van der Waals surface area contributed by atoms with Crippen LogP contribution in [-0.4, -0.2) is 43.5 Å². The van der Waals surface area contributed by atoms with Gasteiger partial charge < -0.3 is 19.4 Å². The summed E-state index contributed by atoms with van der Waals surface area (Å²) in [5, 5.41) is 3.07. The number of piperidine rings is 1. The van der Waals surface area contributed by atoms with E-state index in [1.54, 1.807) is 18.1 Å². The van der Waals surface area contributed by atoms with Gasteiger partial charge in [-0.1, -0.05) is 48.5 Å². The van der Waals surface area contributed by atoms with Crippen LogP contribution >= 0.6 is 0 Å². The fraction of sp³-hybridized carbons (Fsp3) is 0.308. The van der Waals surface area contributed by atoms with E-state index >= 15 is 0 Å². The molecule has 32 heavy (non-hydrogen) atoms. The smallest absolute Gasteiger partial charge is 0.257 e. The summed E-state index contributed by atoms with van der Waals surface area (Å²) in [5.41, 5.74) is 2.70. The van der Waals surface area contributed by atoms with E-state index in [-0.39, 0.29) is 23.7 Å². The molecule has 1 N–H and O–H groups in total. The Kier molecular flexibility index (Phi) is 6.90. The van der Waals surface area contributed by atoms with E-state index in [9.17, 15) is 9.59 Å². The molecule has 4 rings (SSSR count). The number of carbonyl (C=O) groups is 2. The molecule has 0 aliphatic carbocycles. The number of furan rings is 1. The van der Waals surface area contributed by atoms with E-state index in [1.807, 2.05) is 42.5 Å². The monoisotopic (exact) mass is 432 g/mol. The van der Waals surface area contributed by atoms with Crippen LogP contribution in [0, 0.1) is 5.92 Å². The molecule has 1 aromatic heterocycles. The van der Waals surface area contributed by atoms with E-state index in [4.69, 9.17) is 9.15 Å². The molecule has 1 aliphatic rings. The zero-order valence-corrected chi connectivity index (χ0v) is 18.2. The number of carbonyl (C=O) groups excluding carboxylic acids is 2. The number of benzene rings is 2. The zero-order valence-electron chi connectivity index (χ0n) is 18.2. The predicted molar refractivity (Wildman–Crippen MR) is 122 cm³/mol. The lowest BCUT2D eigenvalue weighted by atomic mass is 9.83. The van der Waals surface area contributed by atoms with Crippen molar-refractivity contribution < 1.29 is 18.7 Å². The van der Waals surface area contributed by atoms with Crippen molar-refractivity contribution in [1.29, 1.82) is 0 Å². The van der Waals surface area contributed by atoms with Gasteiger partial charge in [0.2, 0.25) is 5.91 Å². The number of methoxy groups -OCH3 is 1. The van der Waals surface area contributed by atoms with Gasteiger partial charge in [-0.2, -0.15) is 0 Å². The van der Waals surface area contributed by atoms with Crippen molar-refractivity contribution in [2.45, 2.75) is 18.8 Å². The third-order valence-electron chi connectivity index (χ3n) is 6.03. The Morgan fingerprint density at radius 2 is 1.84 bits per heavy atom. The average molecular weight is 433 g/mol. The molecule has 0 radical (unpaired) electrons. The van der Waals surface area contributed by atoms with Gasteiger partial charge in [0.1, 0.15) is 12.0 Å². The van der Waals surface area contributed by atoms with Crippen molar-refractivity contribution in [3.05, 3.63) is 89.9 Å². The van der Waals surface area contributed by atoms with Gasteiger partial charge in [-0.05, 0) is 36.1 Å². The molecule has 2 atom stereocenters. The molecule has 3 aromatic rings. The molecule has 0 spiro atoms. The Bertz CT molecular complexity index is 1030. The summed E-state index contributed by atoms with van der Waals surface area (Å²) >= 11 is 0. The van der Waals surface area contributed by atoms with Crippen molar-refractivity contribution in [2.24, 2.45) is 5.92 Å². The fourth-order valence-electron chi connectivity index (χ4n) is 4.36. The first kappa shape index (κ1) is 21.7. The minimum Gasteiger partial charge on any atom is -0.496 e. The molecule has 2 heterocycles. The third-order valence-corrected chi connectivity index (χ3v) is 6.03. The second-order valence-electron chi connectivity index (χ2n) is 8.12. The number of likely N-dealkylation sites (tertiary alicyclic amines) is 1. The lowest BCUT2D eigenvalue weighted by Crippen LogP contribution is -2.48. The molecular weight excluding hydrogens is 404 g/mol. The number of hydrogen-bond donors (Lipinski definition) is 1. The summed E-state index contributed by atoms with van der Waals surface area (Å²) in [6.45, 7) is 1.49. The van der Waals surface area contributed by atoms with Crippen LogP contribution in [-0.2, 0) is 11.2 Å². The number of hydrogen-bond acceptors (Lipinski definition) is 4. The molecular formula is C26H28N2O4. The first-order valence-electron chi connectivity index (χ1n) is 10.9. The minimum atomic E-state index is -0.275. The lowest BCUT2D eigenvalue weighted by Gasteiger charge is -2.37. The van der Waals surface area contributed by atoms with Gasteiger partial charge >= 0.3 is 0 Å². The first-order chi connectivity index (χ1) is 15.7. The normalized spacial score (nSPS) is 18.2. The first-order valence-corrected chi connectivity index (χ1v) is 10.9. The average Bonchev–Trinajstić information content (AvgIpc) is 3.39. The van der Waals surface area contributed by atoms with Gasteiger partial charge in [0.25, 0.3) is 5.91 Å². The van der Waals surface area contributed by atoms with Crippen LogP contribution in [0.1, 0.15) is 33.8 Å². The number of nitrogens with zero attached hydrogens (tertiary/aromatic N) is 1. The van der Waals surface area contributed by atoms with E-state index in [1.165, 1.54) is 12.5 Å². The number of amides is 2. The van der Waals surface area contributed by atoms with E-state index in [0.29, 0.717) is 38.0 Å². The van der Waals surface area contributed by atoms with Gasteiger partial charge in [-0.3, -0.25) is 9.59 Å². The third kappa shape index (κ3) is 5.02. The number of ether oxygens (including phenoxy) is 1. The van der Waals surface area contributed by atoms with Crippen molar-refractivity contribution in [3.8, 4) is 5.75 Å². The van der Waals surface area contributed by atoms with Crippen LogP contribution in [0.4, 0.5) is 0 Å². The summed E-state index contributed by atoms with van der Waals surface area (Å²) in [4.78, 5) is 27.8. The Morgan fingerprint density at radius 3 is 2.59 bits per heavy atom. The summed E-state index contributed by atoms with van der Waals surface area (Å²) in [5.74, 6) is 0.519. The highest BCUT2D eigenvalue weighted by Crippen LogP contribution is 2.31. The zero-order chi connectivity index (χ0) is 22.3. The molecule has 0 saturated carbocycles. The van der Waals surface area contributed by atoms with Gasteiger partial charge in [-0.15, -0.1) is 0 Å². The molecule has 2 aromatic carbocycles. The van der Waals surface area contributed by atoms with E-state index in [2.05, 4.69) is 17.4 Å². The second kappa shape index (κ2) is 10.2. The lowest BCUT2D eigenvalue weighted by molar-refractivity contribution is -0.126. The molecule has 1 fully saturated rings. The summed E-state index contributed by atoms with van der Waals surface area (Å²) in [6, 6.07) is 19.6. The van der Waals surface area contributed by atoms with Crippen LogP contribution in [0.15, 0.2) is 77.6 Å². The topological polar surface area (TPSA) is 71.8 Å².